The summed E-state index contributed by atoms with van der Waals surface area (Å²) in [7, 11) is -2.05. The Morgan fingerprint density at radius 1 is 1.12 bits per heavy atom. The predicted octanol–water partition coefficient (Wildman–Crippen LogP) is 3.21. The number of hydrogen-bond donors (Lipinski definition) is 0. The average molecular weight is 377 g/mol. The first-order valence-electron chi connectivity index (χ1n) is 7.98. The van der Waals surface area contributed by atoms with Gasteiger partial charge in [0.25, 0.3) is 0 Å². The summed E-state index contributed by atoms with van der Waals surface area (Å²) in [6.07, 6.45) is 0. The van der Waals surface area contributed by atoms with E-state index in [1.807, 2.05) is 38.1 Å². The van der Waals surface area contributed by atoms with E-state index in [2.05, 4.69) is 0 Å². The first-order valence-corrected chi connectivity index (χ1v) is 10.2. The molecule has 0 radical (unpaired) electrons. The zero-order valence-electron chi connectivity index (χ0n) is 14.4. The van der Waals surface area contributed by atoms with Crippen LogP contribution in [0.4, 0.5) is 0 Å². The first kappa shape index (κ1) is 17.8. The van der Waals surface area contributed by atoms with Crippen molar-refractivity contribution in [1.29, 1.82) is 0 Å². The number of sulfonamides is 1. The summed E-state index contributed by atoms with van der Waals surface area (Å²) in [5.74, 6) is 0. The first-order chi connectivity index (χ1) is 11.8. The van der Waals surface area contributed by atoms with Gasteiger partial charge in [-0.15, -0.1) is 0 Å². The Bertz CT molecular complexity index is 1060. The third-order valence-electron chi connectivity index (χ3n) is 4.19. The lowest BCUT2D eigenvalue weighted by molar-refractivity contribution is 0.467. The van der Waals surface area contributed by atoms with Gasteiger partial charge in [-0.25, -0.2) is 8.42 Å². The summed E-state index contributed by atoms with van der Waals surface area (Å²) >= 11 is 1.08. The van der Waals surface area contributed by atoms with Gasteiger partial charge in [-0.2, -0.15) is 4.31 Å². The van der Waals surface area contributed by atoms with E-state index in [9.17, 15) is 13.2 Å². The van der Waals surface area contributed by atoms with E-state index in [1.54, 1.807) is 29.8 Å². The monoisotopic (exact) mass is 376 g/mol. The molecule has 132 valence electrons. The molecule has 0 saturated heterocycles. The van der Waals surface area contributed by atoms with Crippen LogP contribution in [0.1, 0.15) is 18.1 Å². The smallest absolute Gasteiger partial charge is 0.299 e. The molecule has 2 aromatic carbocycles. The van der Waals surface area contributed by atoms with Crippen LogP contribution in [0.2, 0.25) is 0 Å². The van der Waals surface area contributed by atoms with Gasteiger partial charge in [0, 0.05) is 20.1 Å². The number of benzene rings is 2. The summed E-state index contributed by atoms with van der Waals surface area (Å²) in [4.78, 5) is 12.1. The highest BCUT2D eigenvalue weighted by Gasteiger charge is 2.22. The summed E-state index contributed by atoms with van der Waals surface area (Å²) in [5, 5.41) is 0. The molecule has 1 heterocycles. The van der Waals surface area contributed by atoms with Gasteiger partial charge in [0.15, 0.2) is 0 Å². The van der Waals surface area contributed by atoms with Crippen LogP contribution in [0.5, 0.6) is 0 Å². The van der Waals surface area contributed by atoms with Crippen molar-refractivity contribution in [3.05, 3.63) is 63.3 Å². The van der Waals surface area contributed by atoms with Crippen LogP contribution in [0.25, 0.3) is 10.2 Å². The molecule has 7 heteroatoms. The maximum absolute atomic E-state index is 12.9. The molecule has 0 spiro atoms. The van der Waals surface area contributed by atoms with E-state index < -0.39 is 10.0 Å². The van der Waals surface area contributed by atoms with Gasteiger partial charge in [-0.05, 0) is 37.6 Å². The van der Waals surface area contributed by atoms with E-state index in [-0.39, 0.29) is 9.77 Å². The van der Waals surface area contributed by atoms with Crippen molar-refractivity contribution in [2.75, 3.05) is 7.05 Å². The van der Waals surface area contributed by atoms with E-state index in [1.165, 1.54) is 4.31 Å². The second kappa shape index (κ2) is 6.74. The molecular formula is C18H20N2O3S2. The third-order valence-corrected chi connectivity index (χ3v) is 6.93. The van der Waals surface area contributed by atoms with E-state index >= 15 is 0 Å². The molecule has 25 heavy (non-hydrogen) atoms. The molecule has 0 saturated carbocycles. The fourth-order valence-electron chi connectivity index (χ4n) is 2.72. The van der Waals surface area contributed by atoms with Gasteiger partial charge in [0.05, 0.1) is 15.1 Å². The van der Waals surface area contributed by atoms with Crippen molar-refractivity contribution in [2.24, 2.45) is 0 Å². The van der Waals surface area contributed by atoms with E-state index in [0.717, 1.165) is 28.0 Å². The van der Waals surface area contributed by atoms with Gasteiger partial charge >= 0.3 is 4.87 Å². The number of thiazole rings is 1. The molecule has 0 N–H and O–H groups in total. The molecule has 1 aromatic heterocycles. The van der Waals surface area contributed by atoms with Gasteiger partial charge in [0.1, 0.15) is 0 Å². The number of nitrogens with zero attached hydrogens (tertiary/aromatic N) is 2. The zero-order chi connectivity index (χ0) is 18.2. The Kier molecular flexibility index (Phi) is 4.81. The maximum Gasteiger partial charge on any atom is 0.308 e. The van der Waals surface area contributed by atoms with E-state index in [4.69, 9.17) is 0 Å². The summed E-state index contributed by atoms with van der Waals surface area (Å²) in [6, 6.07) is 12.7. The SMILES string of the molecule is CCn1c(=O)sc2cc(S(=O)(=O)N(C)Cc3ccc(C)cc3)ccc21. The van der Waals surface area contributed by atoms with Crippen LogP contribution in [-0.2, 0) is 23.1 Å². The van der Waals surface area contributed by atoms with Crippen molar-refractivity contribution in [3.63, 3.8) is 0 Å². The Morgan fingerprint density at radius 2 is 1.80 bits per heavy atom. The zero-order valence-corrected chi connectivity index (χ0v) is 16.0. The molecule has 3 aromatic rings. The topological polar surface area (TPSA) is 59.4 Å². The summed E-state index contributed by atoms with van der Waals surface area (Å²) in [5.41, 5.74) is 2.84. The number of hydrogen-bond acceptors (Lipinski definition) is 4. The standard InChI is InChI=1S/C18H20N2O3S2/c1-4-20-16-10-9-15(11-17(16)24-18(20)21)25(22,23)19(3)12-14-7-5-13(2)6-8-14/h5-11H,4,12H2,1-3H3. The maximum atomic E-state index is 12.9. The molecule has 0 amide bonds. The lowest BCUT2D eigenvalue weighted by atomic mass is 10.1. The highest BCUT2D eigenvalue weighted by molar-refractivity contribution is 7.89. The summed E-state index contributed by atoms with van der Waals surface area (Å²) < 4.78 is 29.4. The minimum absolute atomic E-state index is 0.0694. The van der Waals surface area contributed by atoms with Gasteiger partial charge < -0.3 is 0 Å². The second-order valence-electron chi connectivity index (χ2n) is 5.99. The number of aryl methyl sites for hydroxylation is 2. The minimum Gasteiger partial charge on any atom is -0.299 e. The fraction of sp³-hybridized carbons (Fsp3) is 0.278. The molecule has 0 aliphatic rings. The van der Waals surface area contributed by atoms with E-state index in [0.29, 0.717) is 17.8 Å². The second-order valence-corrected chi connectivity index (χ2v) is 9.03. The lowest BCUT2D eigenvalue weighted by Gasteiger charge is -2.17. The lowest BCUT2D eigenvalue weighted by Crippen LogP contribution is -2.26. The molecule has 5 nitrogen and oxygen atoms in total. The largest absolute Gasteiger partial charge is 0.308 e. The predicted molar refractivity (Wildman–Crippen MR) is 102 cm³/mol. The van der Waals surface area contributed by atoms with Crippen LogP contribution in [0.15, 0.2) is 52.2 Å². The Morgan fingerprint density at radius 3 is 2.44 bits per heavy atom. The minimum atomic E-state index is -3.62. The normalized spacial score (nSPS) is 12.2. The number of rotatable bonds is 5. The van der Waals surface area contributed by atoms with Crippen LogP contribution < -0.4 is 4.87 Å². The fourth-order valence-corrected chi connectivity index (χ4v) is 4.98. The molecule has 0 unspecified atom stereocenters. The Balaban J connectivity index is 1.94. The highest BCUT2D eigenvalue weighted by Crippen LogP contribution is 2.24. The third kappa shape index (κ3) is 3.40. The van der Waals surface area contributed by atoms with Crippen molar-refractivity contribution in [1.82, 2.24) is 8.87 Å². The molecule has 3 rings (SSSR count). The average Bonchev–Trinajstić information content (AvgIpc) is 2.90. The van der Waals surface area contributed by atoms with Gasteiger partial charge in [-0.1, -0.05) is 41.2 Å². The van der Waals surface area contributed by atoms with Crippen molar-refractivity contribution < 1.29 is 8.42 Å². The molecule has 0 bridgehead atoms. The summed E-state index contributed by atoms with van der Waals surface area (Å²) in [6.45, 7) is 4.76. The van der Waals surface area contributed by atoms with Gasteiger partial charge in [-0.3, -0.25) is 9.36 Å². The van der Waals surface area contributed by atoms with Crippen molar-refractivity contribution in [3.8, 4) is 0 Å². The van der Waals surface area contributed by atoms with Crippen LogP contribution >= 0.6 is 11.3 Å². The highest BCUT2D eigenvalue weighted by atomic mass is 32.2. The molecule has 0 aliphatic heterocycles. The number of fused-ring (bicyclic) bond motifs is 1. The number of aromatic nitrogens is 1. The van der Waals surface area contributed by atoms with Crippen LogP contribution in [0.3, 0.4) is 0 Å². The molecule has 0 aliphatic carbocycles. The molecule has 0 fully saturated rings. The quantitative estimate of drug-likeness (QED) is 0.687. The van der Waals surface area contributed by atoms with Crippen molar-refractivity contribution in [2.45, 2.75) is 31.8 Å². The van der Waals surface area contributed by atoms with Crippen LogP contribution in [-0.4, -0.2) is 24.3 Å². The molecular weight excluding hydrogens is 356 g/mol. The van der Waals surface area contributed by atoms with Crippen LogP contribution in [0, 0.1) is 6.92 Å². The molecule has 0 atom stereocenters. The van der Waals surface area contributed by atoms with Gasteiger partial charge in [0.2, 0.25) is 10.0 Å². The Hall–Kier alpha value is -1.96. The Labute approximate surface area is 151 Å². The van der Waals surface area contributed by atoms with Crippen molar-refractivity contribution >= 4 is 31.6 Å².